The first kappa shape index (κ1) is 8.05. The number of hydrogen-bond acceptors (Lipinski definition) is 2. The van der Waals surface area contributed by atoms with Crippen molar-refractivity contribution in [3.8, 4) is 0 Å². The van der Waals surface area contributed by atoms with Gasteiger partial charge in [0, 0.05) is 6.54 Å². The predicted octanol–water partition coefficient (Wildman–Crippen LogP) is 0.851. The fourth-order valence-electron chi connectivity index (χ4n) is 2.27. The highest BCUT2D eigenvalue weighted by atomic mass is 16.4. The van der Waals surface area contributed by atoms with Gasteiger partial charge in [-0.25, -0.2) is 0 Å². The molecular weight excluding hydrogens is 154 g/mol. The normalized spacial score (nSPS) is 36.3. The maximum atomic E-state index is 11.1. The standard InChI is InChI=1S/C9H15NO2/c11-8(12)9(7-2-3-7)4-1-5-10-6-9/h7,10H,1-6H2,(H,11,12). The van der Waals surface area contributed by atoms with Gasteiger partial charge in [-0.1, -0.05) is 0 Å². The molecule has 0 amide bonds. The molecule has 0 aromatic rings. The molecule has 0 radical (unpaired) electrons. The van der Waals surface area contributed by atoms with E-state index in [0.717, 1.165) is 32.2 Å². The smallest absolute Gasteiger partial charge is 0.311 e. The number of carbonyl (C=O) groups is 1. The Morgan fingerprint density at radius 2 is 2.25 bits per heavy atom. The highest BCUT2D eigenvalue weighted by molar-refractivity contribution is 5.76. The van der Waals surface area contributed by atoms with Crippen molar-refractivity contribution in [3.05, 3.63) is 0 Å². The van der Waals surface area contributed by atoms with Crippen LogP contribution in [0.5, 0.6) is 0 Å². The van der Waals surface area contributed by atoms with Gasteiger partial charge in [0.15, 0.2) is 0 Å². The molecule has 0 spiro atoms. The van der Waals surface area contributed by atoms with Crippen LogP contribution in [-0.4, -0.2) is 24.2 Å². The zero-order valence-electron chi connectivity index (χ0n) is 7.18. The molecule has 0 aromatic heterocycles. The minimum absolute atomic E-state index is 0.405. The van der Waals surface area contributed by atoms with Crippen molar-refractivity contribution in [2.45, 2.75) is 25.7 Å². The molecule has 2 aliphatic rings. The molecule has 12 heavy (non-hydrogen) atoms. The van der Waals surface area contributed by atoms with Crippen molar-refractivity contribution in [2.24, 2.45) is 11.3 Å². The maximum absolute atomic E-state index is 11.1. The third-order valence-corrected chi connectivity index (χ3v) is 3.20. The second kappa shape index (κ2) is 2.73. The van der Waals surface area contributed by atoms with E-state index in [0.29, 0.717) is 12.5 Å². The minimum Gasteiger partial charge on any atom is -0.481 e. The summed E-state index contributed by atoms with van der Waals surface area (Å²) < 4.78 is 0. The van der Waals surface area contributed by atoms with Gasteiger partial charge in [-0.2, -0.15) is 0 Å². The van der Waals surface area contributed by atoms with Gasteiger partial charge >= 0.3 is 5.97 Å². The summed E-state index contributed by atoms with van der Waals surface area (Å²) in [5.41, 5.74) is -0.405. The van der Waals surface area contributed by atoms with Gasteiger partial charge in [0.1, 0.15) is 0 Å². The number of piperidine rings is 1. The van der Waals surface area contributed by atoms with Gasteiger partial charge < -0.3 is 10.4 Å². The summed E-state index contributed by atoms with van der Waals surface area (Å²) in [5, 5.41) is 12.4. The van der Waals surface area contributed by atoms with E-state index in [4.69, 9.17) is 5.11 Å². The molecule has 1 unspecified atom stereocenters. The monoisotopic (exact) mass is 169 g/mol. The number of rotatable bonds is 2. The van der Waals surface area contributed by atoms with E-state index in [1.165, 1.54) is 0 Å². The summed E-state index contributed by atoms with van der Waals surface area (Å²) in [5.74, 6) is -0.125. The summed E-state index contributed by atoms with van der Waals surface area (Å²) >= 11 is 0. The van der Waals surface area contributed by atoms with E-state index < -0.39 is 11.4 Å². The number of aliphatic carboxylic acids is 1. The molecule has 1 atom stereocenters. The van der Waals surface area contributed by atoms with Gasteiger partial charge in [-0.05, 0) is 38.1 Å². The van der Waals surface area contributed by atoms with E-state index in [9.17, 15) is 4.79 Å². The predicted molar refractivity (Wildman–Crippen MR) is 44.9 cm³/mol. The van der Waals surface area contributed by atoms with Crippen LogP contribution < -0.4 is 5.32 Å². The zero-order chi connectivity index (χ0) is 8.60. The van der Waals surface area contributed by atoms with Crippen molar-refractivity contribution in [2.75, 3.05) is 13.1 Å². The third kappa shape index (κ3) is 1.12. The molecule has 3 heteroatoms. The lowest BCUT2D eigenvalue weighted by molar-refractivity contribution is -0.151. The topological polar surface area (TPSA) is 49.3 Å². The van der Waals surface area contributed by atoms with Crippen LogP contribution in [0.25, 0.3) is 0 Å². The van der Waals surface area contributed by atoms with E-state index >= 15 is 0 Å². The maximum Gasteiger partial charge on any atom is 0.311 e. The molecule has 68 valence electrons. The zero-order valence-corrected chi connectivity index (χ0v) is 7.18. The molecule has 0 aromatic carbocycles. The lowest BCUT2D eigenvalue weighted by atomic mass is 9.76. The fraction of sp³-hybridized carbons (Fsp3) is 0.889. The number of carboxylic acids is 1. The van der Waals surface area contributed by atoms with E-state index in [2.05, 4.69) is 5.32 Å². The quantitative estimate of drug-likeness (QED) is 0.644. The fourth-order valence-corrected chi connectivity index (χ4v) is 2.27. The largest absolute Gasteiger partial charge is 0.481 e. The molecule has 1 aliphatic carbocycles. The first-order valence-corrected chi connectivity index (χ1v) is 4.70. The molecule has 1 heterocycles. The van der Waals surface area contributed by atoms with Crippen LogP contribution in [0.15, 0.2) is 0 Å². The van der Waals surface area contributed by atoms with Crippen LogP contribution >= 0.6 is 0 Å². The van der Waals surface area contributed by atoms with Gasteiger partial charge in [0.2, 0.25) is 0 Å². The molecular formula is C9H15NO2. The van der Waals surface area contributed by atoms with Crippen molar-refractivity contribution in [1.29, 1.82) is 0 Å². The Labute approximate surface area is 72.2 Å². The van der Waals surface area contributed by atoms with Crippen molar-refractivity contribution >= 4 is 5.97 Å². The van der Waals surface area contributed by atoms with Crippen molar-refractivity contribution < 1.29 is 9.90 Å². The molecule has 1 saturated heterocycles. The van der Waals surface area contributed by atoms with Crippen LogP contribution in [0, 0.1) is 11.3 Å². The molecule has 1 aliphatic heterocycles. The summed E-state index contributed by atoms with van der Waals surface area (Å²) in [7, 11) is 0. The average molecular weight is 169 g/mol. The van der Waals surface area contributed by atoms with Gasteiger partial charge in [0.05, 0.1) is 5.41 Å². The second-order valence-electron chi connectivity index (χ2n) is 4.02. The van der Waals surface area contributed by atoms with Crippen LogP contribution in [0.1, 0.15) is 25.7 Å². The first-order chi connectivity index (χ1) is 5.76. The van der Waals surface area contributed by atoms with Gasteiger partial charge in [0.25, 0.3) is 0 Å². The summed E-state index contributed by atoms with van der Waals surface area (Å²) in [6.45, 7) is 1.68. The summed E-state index contributed by atoms with van der Waals surface area (Å²) in [4.78, 5) is 11.1. The van der Waals surface area contributed by atoms with Crippen molar-refractivity contribution in [1.82, 2.24) is 5.32 Å². The molecule has 2 N–H and O–H groups in total. The van der Waals surface area contributed by atoms with E-state index in [-0.39, 0.29) is 0 Å². The summed E-state index contributed by atoms with van der Waals surface area (Å²) in [6.07, 6.45) is 4.13. The SMILES string of the molecule is O=C(O)C1(C2CC2)CCCNC1. The van der Waals surface area contributed by atoms with Gasteiger partial charge in [-0.3, -0.25) is 4.79 Å². The van der Waals surface area contributed by atoms with Crippen molar-refractivity contribution in [3.63, 3.8) is 0 Å². The van der Waals surface area contributed by atoms with Crippen LogP contribution in [0.4, 0.5) is 0 Å². The highest BCUT2D eigenvalue weighted by Crippen LogP contribution is 2.49. The minimum atomic E-state index is -0.586. The second-order valence-corrected chi connectivity index (χ2v) is 4.02. The lowest BCUT2D eigenvalue weighted by Gasteiger charge is -2.33. The Bertz CT molecular complexity index is 193. The lowest BCUT2D eigenvalue weighted by Crippen LogP contribution is -2.47. The highest BCUT2D eigenvalue weighted by Gasteiger charge is 2.51. The number of carboxylic acid groups (broad SMARTS) is 1. The first-order valence-electron chi connectivity index (χ1n) is 4.70. The van der Waals surface area contributed by atoms with E-state index in [1.807, 2.05) is 0 Å². The Balaban J connectivity index is 2.13. The molecule has 0 bridgehead atoms. The molecule has 1 saturated carbocycles. The Kier molecular flexibility index (Phi) is 1.83. The molecule has 2 fully saturated rings. The molecule has 3 nitrogen and oxygen atoms in total. The average Bonchev–Trinajstić information content (AvgIpc) is 2.88. The Morgan fingerprint density at radius 3 is 2.67 bits per heavy atom. The summed E-state index contributed by atoms with van der Waals surface area (Å²) in [6, 6.07) is 0. The Morgan fingerprint density at radius 1 is 1.50 bits per heavy atom. The van der Waals surface area contributed by atoms with Gasteiger partial charge in [-0.15, -0.1) is 0 Å². The Hall–Kier alpha value is -0.570. The number of nitrogens with one attached hydrogen (secondary N) is 1. The third-order valence-electron chi connectivity index (χ3n) is 3.20. The van der Waals surface area contributed by atoms with E-state index in [1.54, 1.807) is 0 Å². The van der Waals surface area contributed by atoms with Crippen LogP contribution in [0.3, 0.4) is 0 Å². The molecule has 2 rings (SSSR count). The van der Waals surface area contributed by atoms with Crippen LogP contribution in [-0.2, 0) is 4.79 Å². The van der Waals surface area contributed by atoms with Crippen LogP contribution in [0.2, 0.25) is 0 Å². The number of hydrogen-bond donors (Lipinski definition) is 2.